The van der Waals surface area contributed by atoms with Crippen molar-refractivity contribution in [2.75, 3.05) is 7.05 Å². The first-order valence-electron chi connectivity index (χ1n) is 5.73. The van der Waals surface area contributed by atoms with E-state index in [9.17, 15) is 4.79 Å². The standard InChI is InChI=1S/C15H22N2O/c1-8-16-14(6)17(7)15(9-11(2)3)10-12(4)13(5)18/h8,10H,1-2,4,9H2,3,5-7H3/b15-10-,16-14?. The van der Waals surface area contributed by atoms with Crippen LogP contribution in [0.2, 0.25) is 0 Å². The van der Waals surface area contributed by atoms with Gasteiger partial charge in [-0.1, -0.05) is 25.3 Å². The number of Topliss-reactive ketones (excluding diaryl/α,β-unsaturated/α-hetero) is 1. The van der Waals surface area contributed by atoms with E-state index in [1.54, 1.807) is 6.08 Å². The largest absolute Gasteiger partial charge is 0.337 e. The van der Waals surface area contributed by atoms with Crippen LogP contribution in [0.4, 0.5) is 0 Å². The second-order valence-electron chi connectivity index (χ2n) is 4.27. The molecule has 0 unspecified atom stereocenters. The Morgan fingerprint density at radius 3 is 2.22 bits per heavy atom. The smallest absolute Gasteiger partial charge is 0.159 e. The molecule has 0 aliphatic rings. The van der Waals surface area contributed by atoms with Crippen molar-refractivity contribution in [2.24, 2.45) is 4.99 Å². The molecule has 0 spiro atoms. The van der Waals surface area contributed by atoms with E-state index in [0.717, 1.165) is 17.1 Å². The molecule has 0 aromatic rings. The van der Waals surface area contributed by atoms with Crippen LogP contribution in [0.3, 0.4) is 0 Å². The minimum atomic E-state index is -0.0408. The summed E-state index contributed by atoms with van der Waals surface area (Å²) in [5, 5.41) is 0. The molecule has 18 heavy (non-hydrogen) atoms. The van der Waals surface area contributed by atoms with Gasteiger partial charge in [-0.25, -0.2) is 4.99 Å². The highest BCUT2D eigenvalue weighted by molar-refractivity contribution is 5.95. The molecule has 98 valence electrons. The molecule has 0 fully saturated rings. The zero-order valence-corrected chi connectivity index (χ0v) is 11.8. The molecule has 0 saturated heterocycles. The number of ketones is 1. The first kappa shape index (κ1) is 16.1. The molecule has 0 amide bonds. The monoisotopic (exact) mass is 246 g/mol. The van der Waals surface area contributed by atoms with Gasteiger partial charge in [0.2, 0.25) is 0 Å². The van der Waals surface area contributed by atoms with Crippen molar-refractivity contribution in [2.45, 2.75) is 27.2 Å². The molecular weight excluding hydrogens is 224 g/mol. The van der Waals surface area contributed by atoms with E-state index < -0.39 is 0 Å². The van der Waals surface area contributed by atoms with Gasteiger partial charge in [-0.2, -0.15) is 0 Å². The Labute approximate surface area is 110 Å². The number of carbonyl (C=O) groups excluding carboxylic acids is 1. The zero-order chi connectivity index (χ0) is 14.3. The molecule has 3 heteroatoms. The number of aliphatic imine (C=N–C) groups is 1. The fraction of sp³-hybridized carbons (Fsp3) is 0.333. The first-order valence-corrected chi connectivity index (χ1v) is 5.73. The quantitative estimate of drug-likeness (QED) is 0.236. The van der Waals surface area contributed by atoms with E-state index >= 15 is 0 Å². The molecule has 0 heterocycles. The fourth-order valence-corrected chi connectivity index (χ4v) is 1.30. The molecular formula is C15H22N2O. The number of allylic oxidation sites excluding steroid dienone is 3. The van der Waals surface area contributed by atoms with Crippen LogP contribution in [-0.4, -0.2) is 23.6 Å². The summed E-state index contributed by atoms with van der Waals surface area (Å²) in [6.45, 7) is 16.5. The van der Waals surface area contributed by atoms with Gasteiger partial charge >= 0.3 is 0 Å². The van der Waals surface area contributed by atoms with Crippen LogP contribution in [0.5, 0.6) is 0 Å². The molecule has 0 radical (unpaired) electrons. The third-order valence-corrected chi connectivity index (χ3v) is 2.47. The van der Waals surface area contributed by atoms with Crippen molar-refractivity contribution in [3.8, 4) is 0 Å². The van der Waals surface area contributed by atoms with E-state index in [1.165, 1.54) is 13.1 Å². The zero-order valence-electron chi connectivity index (χ0n) is 11.8. The summed E-state index contributed by atoms with van der Waals surface area (Å²) in [6.07, 6.45) is 3.94. The maximum atomic E-state index is 11.3. The minimum absolute atomic E-state index is 0.0408. The number of nitrogens with zero attached hydrogens (tertiary/aromatic N) is 2. The topological polar surface area (TPSA) is 32.7 Å². The summed E-state index contributed by atoms with van der Waals surface area (Å²) in [5.74, 6) is 0.759. The predicted molar refractivity (Wildman–Crippen MR) is 78.4 cm³/mol. The van der Waals surface area contributed by atoms with Crippen molar-refractivity contribution >= 4 is 11.6 Å². The summed E-state index contributed by atoms with van der Waals surface area (Å²) in [7, 11) is 1.89. The highest BCUT2D eigenvalue weighted by atomic mass is 16.1. The Bertz CT molecular complexity index is 428. The van der Waals surface area contributed by atoms with Gasteiger partial charge in [0.25, 0.3) is 0 Å². The summed E-state index contributed by atoms with van der Waals surface area (Å²) in [5.41, 5.74) is 2.42. The minimum Gasteiger partial charge on any atom is -0.337 e. The van der Waals surface area contributed by atoms with Gasteiger partial charge in [-0.15, -0.1) is 0 Å². The van der Waals surface area contributed by atoms with Gasteiger partial charge < -0.3 is 4.90 Å². The van der Waals surface area contributed by atoms with Crippen molar-refractivity contribution < 1.29 is 4.79 Å². The number of rotatable bonds is 6. The highest BCUT2D eigenvalue weighted by Gasteiger charge is 2.09. The van der Waals surface area contributed by atoms with Crippen LogP contribution in [-0.2, 0) is 4.79 Å². The van der Waals surface area contributed by atoms with E-state index in [-0.39, 0.29) is 5.78 Å². The van der Waals surface area contributed by atoms with Gasteiger partial charge in [0.05, 0.1) is 0 Å². The van der Waals surface area contributed by atoms with E-state index in [4.69, 9.17) is 0 Å². The molecule has 0 aromatic heterocycles. The van der Waals surface area contributed by atoms with Crippen LogP contribution in [0, 0.1) is 0 Å². The molecule has 0 bridgehead atoms. The molecule has 0 aliphatic carbocycles. The van der Waals surface area contributed by atoms with Crippen molar-refractivity contribution in [1.29, 1.82) is 0 Å². The molecule has 0 N–H and O–H groups in total. The van der Waals surface area contributed by atoms with E-state index in [0.29, 0.717) is 12.0 Å². The predicted octanol–water partition coefficient (Wildman–Crippen LogP) is 3.48. The summed E-state index contributed by atoms with van der Waals surface area (Å²) < 4.78 is 0. The molecule has 0 rings (SSSR count). The molecule has 0 saturated carbocycles. The lowest BCUT2D eigenvalue weighted by Crippen LogP contribution is -2.24. The van der Waals surface area contributed by atoms with Crippen LogP contribution in [0.25, 0.3) is 0 Å². The van der Waals surface area contributed by atoms with Gasteiger partial charge in [0.15, 0.2) is 5.78 Å². The van der Waals surface area contributed by atoms with Crippen molar-refractivity contribution in [3.05, 3.63) is 48.9 Å². The molecule has 0 aliphatic heterocycles. The Kier molecular flexibility index (Phi) is 6.65. The summed E-state index contributed by atoms with van der Waals surface area (Å²) in [4.78, 5) is 17.3. The lowest BCUT2D eigenvalue weighted by molar-refractivity contribution is -0.113. The third kappa shape index (κ3) is 5.43. The van der Waals surface area contributed by atoms with Crippen LogP contribution in [0.15, 0.2) is 53.8 Å². The summed E-state index contributed by atoms with van der Waals surface area (Å²) >= 11 is 0. The maximum Gasteiger partial charge on any atom is 0.159 e. The number of hydrogen-bond acceptors (Lipinski definition) is 2. The van der Waals surface area contributed by atoms with E-state index in [2.05, 4.69) is 24.7 Å². The summed E-state index contributed by atoms with van der Waals surface area (Å²) in [6, 6.07) is 0. The van der Waals surface area contributed by atoms with Crippen LogP contribution >= 0.6 is 0 Å². The Hall–Kier alpha value is -1.90. The van der Waals surface area contributed by atoms with Crippen LogP contribution < -0.4 is 0 Å². The van der Waals surface area contributed by atoms with Crippen LogP contribution in [0.1, 0.15) is 27.2 Å². The van der Waals surface area contributed by atoms with Crippen molar-refractivity contribution in [3.63, 3.8) is 0 Å². The first-order chi connectivity index (χ1) is 8.29. The lowest BCUT2D eigenvalue weighted by Gasteiger charge is -2.22. The Balaban J connectivity index is 5.29. The SMILES string of the molecule is C=CN=C(C)N(C)/C(=C\C(=C)C(C)=O)CC(=C)C. The number of carbonyl (C=O) groups is 1. The normalized spacial score (nSPS) is 12.0. The van der Waals surface area contributed by atoms with Gasteiger partial charge in [-0.05, 0) is 26.8 Å². The molecule has 0 atom stereocenters. The molecule has 0 aromatic carbocycles. The molecule has 3 nitrogen and oxygen atoms in total. The van der Waals surface area contributed by atoms with Crippen molar-refractivity contribution in [1.82, 2.24) is 4.90 Å². The second-order valence-corrected chi connectivity index (χ2v) is 4.27. The average molecular weight is 246 g/mol. The Morgan fingerprint density at radius 1 is 1.28 bits per heavy atom. The third-order valence-electron chi connectivity index (χ3n) is 2.47. The maximum absolute atomic E-state index is 11.3. The van der Waals surface area contributed by atoms with E-state index in [1.807, 2.05) is 25.8 Å². The number of hydrogen-bond donors (Lipinski definition) is 0. The average Bonchev–Trinajstić information content (AvgIpc) is 2.26. The second kappa shape index (κ2) is 7.43. The lowest BCUT2D eigenvalue weighted by atomic mass is 10.1. The van der Waals surface area contributed by atoms with Gasteiger partial charge in [0.1, 0.15) is 5.84 Å². The highest BCUT2D eigenvalue weighted by Crippen LogP contribution is 2.16. The Morgan fingerprint density at radius 2 is 1.83 bits per heavy atom. The van der Waals surface area contributed by atoms with Gasteiger partial charge in [-0.3, -0.25) is 4.79 Å². The van der Waals surface area contributed by atoms with Gasteiger partial charge in [0, 0.05) is 30.9 Å². The fourth-order valence-electron chi connectivity index (χ4n) is 1.30. The number of amidine groups is 1.